The van der Waals surface area contributed by atoms with Crippen molar-refractivity contribution < 1.29 is 19.0 Å². The van der Waals surface area contributed by atoms with Crippen molar-refractivity contribution in [1.29, 1.82) is 0 Å². The molecule has 1 N–H and O–H groups in total. The van der Waals surface area contributed by atoms with Crippen molar-refractivity contribution >= 4 is 15.9 Å². The zero-order chi connectivity index (χ0) is 10.0. The van der Waals surface area contributed by atoms with Gasteiger partial charge in [0.2, 0.25) is 11.6 Å². The van der Waals surface area contributed by atoms with Gasteiger partial charge < -0.3 is 14.6 Å². The number of hydrogen-bond acceptors (Lipinski definition) is 3. The van der Waals surface area contributed by atoms with Crippen LogP contribution in [0.4, 0.5) is 4.39 Å². The second-order valence-corrected chi connectivity index (χ2v) is 3.11. The second-order valence-electron chi connectivity index (χ2n) is 2.26. The molecule has 0 saturated heterocycles. The Hall–Kier alpha value is -0.970. The summed E-state index contributed by atoms with van der Waals surface area (Å²) in [7, 11) is 2.60. The Kier molecular flexibility index (Phi) is 2.98. The molecular formula is C8H8BrFO3. The zero-order valence-corrected chi connectivity index (χ0v) is 8.68. The first-order valence-corrected chi connectivity index (χ1v) is 4.20. The van der Waals surface area contributed by atoms with E-state index in [2.05, 4.69) is 20.7 Å². The van der Waals surface area contributed by atoms with Gasteiger partial charge in [-0.2, -0.15) is 4.39 Å². The number of aromatic hydroxyl groups is 1. The molecule has 1 aromatic carbocycles. The largest absolute Gasteiger partial charge is 0.504 e. The highest BCUT2D eigenvalue weighted by Gasteiger charge is 2.17. The SMILES string of the molecule is COc1c(O)cc(Br)c(OC)c1F. The van der Waals surface area contributed by atoms with Crippen LogP contribution in [0, 0.1) is 5.82 Å². The van der Waals surface area contributed by atoms with Gasteiger partial charge in [0.05, 0.1) is 18.7 Å². The average molecular weight is 251 g/mol. The number of benzene rings is 1. The van der Waals surface area contributed by atoms with Crippen molar-refractivity contribution in [3.63, 3.8) is 0 Å². The third-order valence-electron chi connectivity index (χ3n) is 1.52. The number of halogens is 2. The Morgan fingerprint density at radius 2 is 1.85 bits per heavy atom. The summed E-state index contributed by atoms with van der Waals surface area (Å²) in [5, 5.41) is 9.24. The van der Waals surface area contributed by atoms with Crippen LogP contribution in [0.3, 0.4) is 0 Å². The van der Waals surface area contributed by atoms with Crippen molar-refractivity contribution in [2.24, 2.45) is 0 Å². The Balaban J connectivity index is 3.39. The number of methoxy groups -OCH3 is 2. The summed E-state index contributed by atoms with van der Waals surface area (Å²) in [6.07, 6.45) is 0. The molecule has 0 aliphatic heterocycles. The fraction of sp³-hybridized carbons (Fsp3) is 0.250. The van der Waals surface area contributed by atoms with Crippen LogP contribution in [0.5, 0.6) is 17.2 Å². The lowest BCUT2D eigenvalue weighted by atomic mass is 10.3. The van der Waals surface area contributed by atoms with Gasteiger partial charge in [-0.15, -0.1) is 0 Å². The first-order chi connectivity index (χ1) is 6.11. The van der Waals surface area contributed by atoms with Crippen LogP contribution in [0.15, 0.2) is 10.5 Å². The molecule has 72 valence electrons. The predicted octanol–water partition coefficient (Wildman–Crippen LogP) is 2.31. The molecule has 0 amide bonds. The van der Waals surface area contributed by atoms with Crippen LogP contribution < -0.4 is 9.47 Å². The molecule has 0 radical (unpaired) electrons. The zero-order valence-electron chi connectivity index (χ0n) is 7.10. The van der Waals surface area contributed by atoms with E-state index in [9.17, 15) is 9.50 Å². The Labute approximate surface area is 83.2 Å². The number of ether oxygens (including phenoxy) is 2. The lowest BCUT2D eigenvalue weighted by Crippen LogP contribution is -1.94. The summed E-state index contributed by atoms with van der Waals surface area (Å²) in [6, 6.07) is 1.31. The smallest absolute Gasteiger partial charge is 0.211 e. The van der Waals surface area contributed by atoms with Gasteiger partial charge in [0.1, 0.15) is 0 Å². The van der Waals surface area contributed by atoms with E-state index in [4.69, 9.17) is 4.74 Å². The predicted molar refractivity (Wildman–Crippen MR) is 48.9 cm³/mol. The van der Waals surface area contributed by atoms with Crippen LogP contribution in [-0.2, 0) is 0 Å². The van der Waals surface area contributed by atoms with E-state index in [1.54, 1.807) is 0 Å². The molecule has 0 aromatic heterocycles. The van der Waals surface area contributed by atoms with Crippen molar-refractivity contribution in [2.75, 3.05) is 14.2 Å². The van der Waals surface area contributed by atoms with Gasteiger partial charge in [-0.1, -0.05) is 0 Å². The topological polar surface area (TPSA) is 38.7 Å². The fourth-order valence-electron chi connectivity index (χ4n) is 0.953. The minimum absolute atomic E-state index is 0.00894. The molecular weight excluding hydrogens is 243 g/mol. The molecule has 0 unspecified atom stereocenters. The highest BCUT2D eigenvalue weighted by molar-refractivity contribution is 9.10. The van der Waals surface area contributed by atoms with Gasteiger partial charge in [0.15, 0.2) is 11.5 Å². The highest BCUT2D eigenvalue weighted by atomic mass is 79.9. The maximum Gasteiger partial charge on any atom is 0.211 e. The standard InChI is InChI=1S/C8H8BrFO3/c1-12-7-4(9)3-5(11)8(13-2)6(7)10/h3,11H,1-2H3. The molecule has 0 atom stereocenters. The van der Waals surface area contributed by atoms with Crippen molar-refractivity contribution in [1.82, 2.24) is 0 Å². The third-order valence-corrected chi connectivity index (χ3v) is 2.11. The van der Waals surface area contributed by atoms with Gasteiger partial charge >= 0.3 is 0 Å². The van der Waals surface area contributed by atoms with Crippen LogP contribution in [-0.4, -0.2) is 19.3 Å². The number of hydrogen-bond donors (Lipinski definition) is 1. The molecule has 0 saturated carbocycles. The first kappa shape index (κ1) is 10.1. The number of phenolic OH excluding ortho intramolecular Hbond substituents is 1. The average Bonchev–Trinajstić information content (AvgIpc) is 2.04. The molecule has 1 rings (SSSR count). The molecule has 0 heterocycles. The summed E-state index contributed by atoms with van der Waals surface area (Å²) in [6.45, 7) is 0. The minimum Gasteiger partial charge on any atom is -0.504 e. The van der Waals surface area contributed by atoms with Gasteiger partial charge in [-0.3, -0.25) is 0 Å². The fourth-order valence-corrected chi connectivity index (χ4v) is 1.51. The monoisotopic (exact) mass is 250 g/mol. The van der Waals surface area contributed by atoms with Gasteiger partial charge in [-0.05, 0) is 15.9 Å². The van der Waals surface area contributed by atoms with Gasteiger partial charge in [-0.25, -0.2) is 0 Å². The van der Waals surface area contributed by atoms with E-state index in [1.807, 2.05) is 0 Å². The van der Waals surface area contributed by atoms with E-state index in [0.717, 1.165) is 0 Å². The molecule has 0 aliphatic rings. The van der Waals surface area contributed by atoms with E-state index < -0.39 is 5.82 Å². The molecule has 0 spiro atoms. The minimum atomic E-state index is -0.725. The highest BCUT2D eigenvalue weighted by Crippen LogP contribution is 2.40. The normalized spacial score (nSPS) is 9.85. The van der Waals surface area contributed by atoms with Gasteiger partial charge in [0.25, 0.3) is 0 Å². The van der Waals surface area contributed by atoms with E-state index in [-0.39, 0.29) is 17.2 Å². The second kappa shape index (κ2) is 3.83. The van der Waals surface area contributed by atoms with Crippen LogP contribution in [0.25, 0.3) is 0 Å². The Morgan fingerprint density at radius 1 is 1.31 bits per heavy atom. The Morgan fingerprint density at radius 3 is 2.31 bits per heavy atom. The molecule has 1 aromatic rings. The van der Waals surface area contributed by atoms with Crippen molar-refractivity contribution in [3.05, 3.63) is 16.4 Å². The maximum atomic E-state index is 13.4. The summed E-state index contributed by atoms with van der Waals surface area (Å²) in [5.41, 5.74) is 0. The van der Waals surface area contributed by atoms with E-state index >= 15 is 0 Å². The van der Waals surface area contributed by atoms with E-state index in [0.29, 0.717) is 4.47 Å². The lowest BCUT2D eigenvalue weighted by molar-refractivity contribution is 0.327. The van der Waals surface area contributed by atoms with Crippen molar-refractivity contribution in [2.45, 2.75) is 0 Å². The summed E-state index contributed by atoms with van der Waals surface area (Å²) in [4.78, 5) is 0. The van der Waals surface area contributed by atoms with Crippen molar-refractivity contribution in [3.8, 4) is 17.2 Å². The summed E-state index contributed by atoms with van der Waals surface area (Å²) in [5.74, 6) is -1.21. The summed E-state index contributed by atoms with van der Waals surface area (Å²) >= 11 is 3.04. The molecule has 5 heteroatoms. The van der Waals surface area contributed by atoms with Crippen LogP contribution in [0.1, 0.15) is 0 Å². The quantitative estimate of drug-likeness (QED) is 0.876. The lowest BCUT2D eigenvalue weighted by Gasteiger charge is -2.09. The van der Waals surface area contributed by atoms with Crippen LogP contribution >= 0.6 is 15.9 Å². The molecule has 0 aliphatic carbocycles. The molecule has 0 bridgehead atoms. The number of phenols is 1. The molecule has 13 heavy (non-hydrogen) atoms. The van der Waals surface area contributed by atoms with E-state index in [1.165, 1.54) is 20.3 Å². The number of rotatable bonds is 2. The first-order valence-electron chi connectivity index (χ1n) is 3.40. The Bertz CT molecular complexity index is 299. The summed E-state index contributed by atoms with van der Waals surface area (Å²) < 4.78 is 23.1. The molecule has 3 nitrogen and oxygen atoms in total. The third kappa shape index (κ3) is 1.70. The van der Waals surface area contributed by atoms with Crippen LogP contribution in [0.2, 0.25) is 0 Å². The molecule has 0 fully saturated rings. The van der Waals surface area contributed by atoms with Gasteiger partial charge in [0, 0.05) is 6.07 Å². The maximum absolute atomic E-state index is 13.4.